The molecule has 1 aromatic rings. The van der Waals surface area contributed by atoms with E-state index in [1.54, 1.807) is 12.1 Å². The van der Waals surface area contributed by atoms with Crippen molar-refractivity contribution in [1.82, 2.24) is 0 Å². The Labute approximate surface area is 79.0 Å². The van der Waals surface area contributed by atoms with Crippen LogP contribution in [0, 0.1) is 0 Å². The van der Waals surface area contributed by atoms with Crippen molar-refractivity contribution in [1.29, 1.82) is 0 Å². The van der Waals surface area contributed by atoms with Crippen molar-refractivity contribution in [3.63, 3.8) is 0 Å². The number of nitrogen functional groups attached to an aromatic ring is 1. The number of hydrogen-bond donors (Lipinski definition) is 3. The molecule has 4 heteroatoms. The lowest BCUT2D eigenvalue weighted by Crippen LogP contribution is -2.00. The lowest BCUT2D eigenvalue weighted by atomic mass is 10.1. The fraction of sp³-hybridized carbons (Fsp3) is 0.250. The van der Waals surface area contributed by atoms with Gasteiger partial charge in [-0.05, 0) is 12.1 Å². The lowest BCUT2D eigenvalue weighted by Gasteiger charge is -2.07. The van der Waals surface area contributed by atoms with Crippen molar-refractivity contribution < 1.29 is 10.2 Å². The van der Waals surface area contributed by atoms with Crippen LogP contribution in [-0.4, -0.2) is 10.2 Å². The molecule has 1 rings (SSSR count). The second-order valence-electron chi connectivity index (χ2n) is 2.45. The van der Waals surface area contributed by atoms with Crippen LogP contribution in [0.15, 0.2) is 16.6 Å². The van der Waals surface area contributed by atoms with Crippen LogP contribution in [0.3, 0.4) is 0 Å². The van der Waals surface area contributed by atoms with E-state index in [4.69, 9.17) is 15.9 Å². The SMILES string of the molecule is Nc1c(CO)cc(Br)cc1CO. The standard InChI is InChI=1S/C8H10BrNO2/c9-7-1-5(3-11)8(10)6(2-7)4-12/h1-2,11-12H,3-4,10H2. The van der Waals surface area contributed by atoms with E-state index >= 15 is 0 Å². The molecule has 12 heavy (non-hydrogen) atoms. The molecular weight excluding hydrogens is 222 g/mol. The fourth-order valence-corrected chi connectivity index (χ4v) is 1.55. The Morgan fingerprint density at radius 1 is 1.17 bits per heavy atom. The zero-order valence-electron chi connectivity index (χ0n) is 6.42. The summed E-state index contributed by atoms with van der Waals surface area (Å²) in [6.45, 7) is -0.226. The van der Waals surface area contributed by atoms with Crippen molar-refractivity contribution in [2.75, 3.05) is 5.73 Å². The Balaban J connectivity index is 3.22. The topological polar surface area (TPSA) is 66.5 Å². The van der Waals surface area contributed by atoms with Gasteiger partial charge in [0.1, 0.15) is 0 Å². The molecule has 0 spiro atoms. The molecule has 0 bridgehead atoms. The van der Waals surface area contributed by atoms with Crippen LogP contribution in [0.4, 0.5) is 5.69 Å². The predicted molar refractivity (Wildman–Crippen MR) is 50.4 cm³/mol. The predicted octanol–water partition coefficient (Wildman–Crippen LogP) is 1.02. The average molecular weight is 232 g/mol. The number of halogens is 1. The van der Waals surface area contributed by atoms with Crippen LogP contribution >= 0.6 is 15.9 Å². The molecule has 0 aliphatic carbocycles. The highest BCUT2D eigenvalue weighted by Crippen LogP contribution is 2.23. The highest BCUT2D eigenvalue weighted by Gasteiger charge is 2.04. The van der Waals surface area contributed by atoms with E-state index in [-0.39, 0.29) is 13.2 Å². The summed E-state index contributed by atoms with van der Waals surface area (Å²) in [7, 11) is 0. The molecule has 3 nitrogen and oxygen atoms in total. The van der Waals surface area contributed by atoms with Crippen molar-refractivity contribution in [2.24, 2.45) is 0 Å². The molecule has 0 amide bonds. The number of rotatable bonds is 2. The summed E-state index contributed by atoms with van der Waals surface area (Å²) in [5, 5.41) is 17.8. The van der Waals surface area contributed by atoms with Gasteiger partial charge in [0.15, 0.2) is 0 Å². The Morgan fingerprint density at radius 3 is 1.92 bits per heavy atom. The van der Waals surface area contributed by atoms with E-state index < -0.39 is 0 Å². The molecule has 0 saturated carbocycles. The van der Waals surface area contributed by atoms with Crippen molar-refractivity contribution in [3.05, 3.63) is 27.7 Å². The Kier molecular flexibility index (Phi) is 3.08. The lowest BCUT2D eigenvalue weighted by molar-refractivity contribution is 0.276. The monoisotopic (exact) mass is 231 g/mol. The zero-order chi connectivity index (χ0) is 9.14. The third kappa shape index (κ3) is 1.77. The van der Waals surface area contributed by atoms with Crippen LogP contribution in [-0.2, 0) is 13.2 Å². The van der Waals surface area contributed by atoms with Gasteiger partial charge in [-0.1, -0.05) is 15.9 Å². The third-order valence-electron chi connectivity index (χ3n) is 1.66. The van der Waals surface area contributed by atoms with Gasteiger partial charge in [0.2, 0.25) is 0 Å². The van der Waals surface area contributed by atoms with E-state index in [0.29, 0.717) is 16.8 Å². The van der Waals surface area contributed by atoms with Crippen LogP contribution < -0.4 is 5.73 Å². The Bertz CT molecular complexity index is 263. The highest BCUT2D eigenvalue weighted by atomic mass is 79.9. The van der Waals surface area contributed by atoms with Gasteiger partial charge >= 0.3 is 0 Å². The summed E-state index contributed by atoms with van der Waals surface area (Å²) in [5.41, 5.74) is 7.36. The molecule has 0 saturated heterocycles. The molecule has 0 unspecified atom stereocenters. The largest absolute Gasteiger partial charge is 0.398 e. The molecule has 1 aromatic carbocycles. The minimum absolute atomic E-state index is 0.113. The average Bonchev–Trinajstić information content (AvgIpc) is 2.08. The molecule has 0 fully saturated rings. The summed E-state index contributed by atoms with van der Waals surface area (Å²) in [6, 6.07) is 3.46. The molecule has 0 aliphatic heterocycles. The normalized spacial score (nSPS) is 10.2. The van der Waals surface area contributed by atoms with E-state index in [9.17, 15) is 0 Å². The summed E-state index contributed by atoms with van der Waals surface area (Å²) < 4.78 is 0.810. The highest BCUT2D eigenvalue weighted by molar-refractivity contribution is 9.10. The van der Waals surface area contributed by atoms with Gasteiger partial charge in [-0.3, -0.25) is 0 Å². The number of anilines is 1. The molecule has 4 N–H and O–H groups in total. The molecule has 0 heterocycles. The minimum atomic E-state index is -0.113. The second-order valence-corrected chi connectivity index (χ2v) is 3.37. The van der Waals surface area contributed by atoms with Gasteiger partial charge in [0.25, 0.3) is 0 Å². The number of nitrogens with two attached hydrogens (primary N) is 1. The first-order valence-electron chi connectivity index (χ1n) is 3.47. The van der Waals surface area contributed by atoms with Crippen LogP contribution in [0.1, 0.15) is 11.1 Å². The second kappa shape index (κ2) is 3.89. The van der Waals surface area contributed by atoms with Gasteiger partial charge in [-0.2, -0.15) is 0 Å². The molecular formula is C8H10BrNO2. The Hall–Kier alpha value is -0.580. The van der Waals surface area contributed by atoms with Crippen molar-refractivity contribution >= 4 is 21.6 Å². The molecule has 0 atom stereocenters. The summed E-state index contributed by atoms with van der Waals surface area (Å²) in [4.78, 5) is 0. The summed E-state index contributed by atoms with van der Waals surface area (Å²) in [6.07, 6.45) is 0. The molecule has 0 aromatic heterocycles. The van der Waals surface area contributed by atoms with Crippen molar-refractivity contribution in [3.8, 4) is 0 Å². The minimum Gasteiger partial charge on any atom is -0.398 e. The summed E-state index contributed by atoms with van der Waals surface area (Å²) >= 11 is 3.25. The number of aliphatic hydroxyl groups is 2. The quantitative estimate of drug-likeness (QED) is 0.667. The number of aliphatic hydroxyl groups excluding tert-OH is 2. The third-order valence-corrected chi connectivity index (χ3v) is 2.11. The van der Waals surface area contributed by atoms with Gasteiger partial charge < -0.3 is 15.9 Å². The first-order valence-corrected chi connectivity index (χ1v) is 4.26. The van der Waals surface area contributed by atoms with E-state index in [0.717, 1.165) is 4.47 Å². The van der Waals surface area contributed by atoms with Crippen LogP contribution in [0.5, 0.6) is 0 Å². The maximum Gasteiger partial charge on any atom is 0.0702 e. The van der Waals surface area contributed by atoms with Gasteiger partial charge in [0.05, 0.1) is 13.2 Å². The summed E-state index contributed by atoms with van der Waals surface area (Å²) in [5.74, 6) is 0. The smallest absolute Gasteiger partial charge is 0.0702 e. The van der Waals surface area contributed by atoms with Crippen LogP contribution in [0.25, 0.3) is 0 Å². The van der Waals surface area contributed by atoms with Crippen LogP contribution in [0.2, 0.25) is 0 Å². The number of hydrogen-bond acceptors (Lipinski definition) is 3. The number of benzene rings is 1. The zero-order valence-corrected chi connectivity index (χ0v) is 8.00. The van der Waals surface area contributed by atoms with E-state index in [2.05, 4.69) is 15.9 Å². The van der Waals surface area contributed by atoms with Gasteiger partial charge in [-0.25, -0.2) is 0 Å². The van der Waals surface area contributed by atoms with Gasteiger partial charge in [0, 0.05) is 21.3 Å². The van der Waals surface area contributed by atoms with Crippen molar-refractivity contribution in [2.45, 2.75) is 13.2 Å². The molecule has 0 radical (unpaired) electrons. The van der Waals surface area contributed by atoms with E-state index in [1.165, 1.54) is 0 Å². The molecule has 66 valence electrons. The maximum atomic E-state index is 8.88. The molecule has 0 aliphatic rings. The first-order chi connectivity index (χ1) is 5.69. The maximum absolute atomic E-state index is 8.88. The Morgan fingerprint density at radius 2 is 1.58 bits per heavy atom. The first kappa shape index (κ1) is 9.51. The van der Waals surface area contributed by atoms with E-state index in [1.807, 2.05) is 0 Å². The van der Waals surface area contributed by atoms with Gasteiger partial charge in [-0.15, -0.1) is 0 Å². The fourth-order valence-electron chi connectivity index (χ4n) is 0.998.